The van der Waals surface area contributed by atoms with E-state index >= 15 is 0 Å². The Bertz CT molecular complexity index is 568. The molecule has 1 rings (SSSR count). The molecular weight excluding hydrogens is 289 g/mol. The minimum Gasteiger partial charge on any atom is -0.480 e. The maximum absolute atomic E-state index is 12.3. The van der Waals surface area contributed by atoms with Crippen molar-refractivity contribution in [2.24, 2.45) is 0 Å². The zero-order chi connectivity index (χ0) is 14.8. The van der Waals surface area contributed by atoms with Crippen molar-refractivity contribution < 1.29 is 31.5 Å². The smallest absolute Gasteiger partial charge is 0.417 e. The number of halogens is 3. The van der Waals surface area contributed by atoms with E-state index in [1.54, 1.807) is 0 Å². The van der Waals surface area contributed by atoms with Crippen LogP contribution in [0.1, 0.15) is 5.56 Å². The molecule has 0 spiro atoms. The number of likely N-dealkylation sites (N-methyl/N-ethyl adjacent to an activating group) is 1. The van der Waals surface area contributed by atoms with Gasteiger partial charge in [0.2, 0.25) is 0 Å². The Hall–Kier alpha value is -1.68. The second kappa shape index (κ2) is 5.13. The summed E-state index contributed by atoms with van der Waals surface area (Å²) in [6.45, 7) is -0.814. The van der Waals surface area contributed by atoms with Crippen molar-refractivity contribution >= 4 is 16.0 Å². The molecule has 1 aromatic heterocycles. The standard InChI is InChI=1S/C9H9F3N2O4S/c1-14(5-8(15)16)19(17,18)7-3-2-6(4-13-7)9(10,11)12/h2-4H,5H2,1H3,(H,15,16). The summed E-state index contributed by atoms with van der Waals surface area (Å²) in [5, 5.41) is 7.82. The molecule has 19 heavy (non-hydrogen) atoms. The van der Waals surface area contributed by atoms with Gasteiger partial charge in [0.15, 0.2) is 5.03 Å². The minimum absolute atomic E-state index is 0.376. The molecule has 106 valence electrons. The van der Waals surface area contributed by atoms with Crippen LogP contribution in [0.2, 0.25) is 0 Å². The third-order valence-electron chi connectivity index (χ3n) is 2.10. The molecule has 0 saturated heterocycles. The van der Waals surface area contributed by atoms with Gasteiger partial charge in [-0.3, -0.25) is 4.79 Å². The topological polar surface area (TPSA) is 87.6 Å². The van der Waals surface area contributed by atoms with Crippen molar-refractivity contribution in [1.29, 1.82) is 0 Å². The van der Waals surface area contributed by atoms with Gasteiger partial charge in [-0.2, -0.15) is 17.5 Å². The average molecular weight is 298 g/mol. The van der Waals surface area contributed by atoms with Crippen molar-refractivity contribution in [3.05, 3.63) is 23.9 Å². The van der Waals surface area contributed by atoms with Crippen LogP contribution in [0.5, 0.6) is 0 Å². The molecule has 0 aliphatic rings. The van der Waals surface area contributed by atoms with Crippen LogP contribution < -0.4 is 0 Å². The van der Waals surface area contributed by atoms with Gasteiger partial charge in [0, 0.05) is 13.2 Å². The number of pyridine rings is 1. The number of carboxylic acids is 1. The van der Waals surface area contributed by atoms with Gasteiger partial charge in [-0.25, -0.2) is 13.4 Å². The van der Waals surface area contributed by atoms with Gasteiger partial charge in [0.25, 0.3) is 10.0 Å². The van der Waals surface area contributed by atoms with Gasteiger partial charge in [-0.1, -0.05) is 0 Å². The molecule has 1 N–H and O–H groups in total. The van der Waals surface area contributed by atoms with E-state index in [-0.39, 0.29) is 0 Å². The molecule has 10 heteroatoms. The predicted octanol–water partition coefficient (Wildman–Crippen LogP) is 0.805. The Kier molecular flexibility index (Phi) is 4.15. The van der Waals surface area contributed by atoms with Crippen LogP contribution in [0.4, 0.5) is 13.2 Å². The monoisotopic (exact) mass is 298 g/mol. The van der Waals surface area contributed by atoms with Crippen molar-refractivity contribution in [1.82, 2.24) is 9.29 Å². The number of rotatable bonds is 4. The Morgan fingerprint density at radius 1 is 1.42 bits per heavy atom. The first-order valence-electron chi connectivity index (χ1n) is 4.76. The van der Waals surface area contributed by atoms with Crippen LogP contribution in [0.3, 0.4) is 0 Å². The van der Waals surface area contributed by atoms with E-state index in [2.05, 4.69) is 4.98 Å². The predicted molar refractivity (Wildman–Crippen MR) is 56.7 cm³/mol. The zero-order valence-corrected chi connectivity index (χ0v) is 10.4. The van der Waals surface area contributed by atoms with E-state index in [4.69, 9.17) is 5.11 Å². The maximum Gasteiger partial charge on any atom is 0.417 e. The van der Waals surface area contributed by atoms with Crippen LogP contribution in [-0.2, 0) is 21.0 Å². The number of carboxylic acid groups (broad SMARTS) is 1. The van der Waals surface area contributed by atoms with Crippen LogP contribution in [0.15, 0.2) is 23.4 Å². The Labute approximate surface area is 106 Å². The van der Waals surface area contributed by atoms with Crippen molar-refractivity contribution in [3.8, 4) is 0 Å². The van der Waals surface area contributed by atoms with Gasteiger partial charge < -0.3 is 5.11 Å². The highest BCUT2D eigenvalue weighted by Crippen LogP contribution is 2.28. The molecule has 1 heterocycles. The molecule has 0 aromatic carbocycles. The van der Waals surface area contributed by atoms with E-state index in [1.165, 1.54) is 0 Å². The summed E-state index contributed by atoms with van der Waals surface area (Å²) >= 11 is 0. The second-order valence-electron chi connectivity index (χ2n) is 3.54. The lowest BCUT2D eigenvalue weighted by molar-refractivity contribution is -0.138. The zero-order valence-electron chi connectivity index (χ0n) is 9.55. The summed E-state index contributed by atoms with van der Waals surface area (Å²) in [6.07, 6.45) is -4.25. The molecule has 0 fully saturated rings. The van der Waals surface area contributed by atoms with Crippen LogP contribution in [-0.4, -0.2) is 42.4 Å². The van der Waals surface area contributed by atoms with Gasteiger partial charge in [0.05, 0.1) is 5.56 Å². The van der Waals surface area contributed by atoms with Crippen LogP contribution in [0, 0.1) is 0 Å². The number of aliphatic carboxylic acids is 1. The van der Waals surface area contributed by atoms with Gasteiger partial charge in [-0.05, 0) is 12.1 Å². The normalized spacial score (nSPS) is 12.7. The largest absolute Gasteiger partial charge is 0.480 e. The molecule has 0 unspecified atom stereocenters. The van der Waals surface area contributed by atoms with Gasteiger partial charge >= 0.3 is 12.1 Å². The highest BCUT2D eigenvalue weighted by Gasteiger charge is 2.32. The van der Waals surface area contributed by atoms with E-state index in [9.17, 15) is 26.4 Å². The lowest BCUT2D eigenvalue weighted by Gasteiger charge is -2.14. The summed E-state index contributed by atoms with van der Waals surface area (Å²) in [4.78, 5) is 13.6. The van der Waals surface area contributed by atoms with E-state index in [0.29, 0.717) is 22.6 Å². The first-order valence-corrected chi connectivity index (χ1v) is 6.20. The van der Waals surface area contributed by atoms with Crippen molar-refractivity contribution in [2.75, 3.05) is 13.6 Å². The third kappa shape index (κ3) is 3.64. The first-order chi connectivity index (χ1) is 8.55. The second-order valence-corrected chi connectivity index (χ2v) is 5.53. The Morgan fingerprint density at radius 3 is 2.37 bits per heavy atom. The van der Waals surface area contributed by atoms with Crippen molar-refractivity contribution in [2.45, 2.75) is 11.2 Å². The maximum atomic E-state index is 12.3. The third-order valence-corrected chi connectivity index (χ3v) is 3.82. The van der Waals surface area contributed by atoms with Crippen LogP contribution in [0.25, 0.3) is 0 Å². The summed E-state index contributed by atoms with van der Waals surface area (Å²) < 4.78 is 60.8. The highest BCUT2D eigenvalue weighted by atomic mass is 32.2. The van der Waals surface area contributed by atoms with Gasteiger partial charge in [0.1, 0.15) is 6.54 Å². The van der Waals surface area contributed by atoms with E-state index < -0.39 is 39.3 Å². The number of aromatic nitrogens is 1. The molecule has 6 nitrogen and oxygen atoms in total. The molecular formula is C9H9F3N2O4S. The minimum atomic E-state index is -4.62. The molecule has 0 bridgehead atoms. The summed E-state index contributed by atoms with van der Waals surface area (Å²) in [5.74, 6) is -1.39. The Balaban J connectivity index is 3.07. The lowest BCUT2D eigenvalue weighted by Crippen LogP contribution is -2.32. The molecule has 0 atom stereocenters. The lowest BCUT2D eigenvalue weighted by atomic mass is 10.3. The number of carbonyl (C=O) groups is 1. The molecule has 0 amide bonds. The summed E-state index contributed by atoms with van der Waals surface area (Å²) in [6, 6.07) is 1.24. The molecule has 0 aliphatic carbocycles. The fourth-order valence-corrected chi connectivity index (χ4v) is 2.16. The summed E-state index contributed by atoms with van der Waals surface area (Å²) in [7, 11) is -3.23. The number of hydrogen-bond donors (Lipinski definition) is 1. The molecule has 1 aromatic rings. The fourth-order valence-electron chi connectivity index (χ4n) is 1.14. The SMILES string of the molecule is CN(CC(=O)O)S(=O)(=O)c1ccc(C(F)(F)F)cn1. The number of nitrogens with zero attached hydrogens (tertiary/aromatic N) is 2. The van der Waals surface area contributed by atoms with Gasteiger partial charge in [-0.15, -0.1) is 0 Å². The fraction of sp³-hybridized carbons (Fsp3) is 0.333. The number of alkyl halides is 3. The number of hydrogen-bond acceptors (Lipinski definition) is 4. The first kappa shape index (κ1) is 15.4. The number of sulfonamides is 1. The van der Waals surface area contributed by atoms with Crippen LogP contribution >= 0.6 is 0 Å². The van der Waals surface area contributed by atoms with E-state index in [1.807, 2.05) is 0 Å². The van der Waals surface area contributed by atoms with E-state index in [0.717, 1.165) is 7.05 Å². The molecule has 0 aliphatic heterocycles. The molecule has 0 saturated carbocycles. The Morgan fingerprint density at radius 2 is 2.00 bits per heavy atom. The van der Waals surface area contributed by atoms with Crippen molar-refractivity contribution in [3.63, 3.8) is 0 Å². The summed E-state index contributed by atoms with van der Waals surface area (Å²) in [5.41, 5.74) is -1.09. The molecule has 0 radical (unpaired) electrons. The highest BCUT2D eigenvalue weighted by molar-refractivity contribution is 7.89. The quantitative estimate of drug-likeness (QED) is 0.888. The average Bonchev–Trinajstić information content (AvgIpc) is 2.27.